The van der Waals surface area contributed by atoms with Crippen LogP contribution in [0.5, 0.6) is 0 Å². The van der Waals surface area contributed by atoms with Crippen LogP contribution in [0.2, 0.25) is 0 Å². The van der Waals surface area contributed by atoms with Gasteiger partial charge in [0.05, 0.1) is 0 Å². The smallest absolute Gasteiger partial charge is 0.246 e. The second-order valence-electron chi connectivity index (χ2n) is 4.44. The molecule has 0 unspecified atom stereocenters. The molecular formula is C13H27OSi. The van der Waals surface area contributed by atoms with E-state index in [2.05, 4.69) is 24.3 Å². The van der Waals surface area contributed by atoms with Gasteiger partial charge in [0.1, 0.15) is 0 Å². The molecule has 0 aromatic carbocycles. The lowest BCUT2D eigenvalue weighted by Gasteiger charge is -2.15. The molecule has 3 radical (unpaired) electrons. The van der Waals surface area contributed by atoms with Crippen molar-refractivity contribution < 1.29 is 4.43 Å². The summed E-state index contributed by atoms with van der Waals surface area (Å²) < 4.78 is 5.32. The average molecular weight is 227 g/mol. The largest absolute Gasteiger partial charge is 0.416 e. The van der Waals surface area contributed by atoms with Crippen molar-refractivity contribution in [3.05, 3.63) is 0 Å². The molecule has 0 aliphatic rings. The Bertz CT molecular complexity index is 105. The zero-order chi connectivity index (χ0) is 11.4. The van der Waals surface area contributed by atoms with Gasteiger partial charge < -0.3 is 4.43 Å². The molecule has 0 atom stereocenters. The highest BCUT2D eigenvalue weighted by Gasteiger charge is 2.05. The highest BCUT2D eigenvalue weighted by molar-refractivity contribution is 5.98. The first-order valence-corrected chi connectivity index (χ1v) is 7.08. The van der Waals surface area contributed by atoms with Gasteiger partial charge in [0, 0.05) is 6.10 Å². The van der Waals surface area contributed by atoms with E-state index in [4.69, 9.17) is 4.43 Å². The first-order valence-electron chi connectivity index (χ1n) is 6.67. The maximum atomic E-state index is 5.32. The van der Waals surface area contributed by atoms with Crippen molar-refractivity contribution in [3.8, 4) is 0 Å². The Morgan fingerprint density at radius 1 is 0.800 bits per heavy atom. The van der Waals surface area contributed by atoms with Crippen LogP contribution in [-0.2, 0) is 4.43 Å². The van der Waals surface area contributed by atoms with Gasteiger partial charge in [-0.25, -0.2) is 0 Å². The van der Waals surface area contributed by atoms with E-state index in [1.165, 1.54) is 64.2 Å². The molecule has 0 aliphatic carbocycles. The van der Waals surface area contributed by atoms with Gasteiger partial charge in [0.15, 0.2) is 0 Å². The van der Waals surface area contributed by atoms with Gasteiger partial charge in [-0.15, -0.1) is 0 Å². The van der Waals surface area contributed by atoms with Crippen molar-refractivity contribution in [1.82, 2.24) is 0 Å². The molecule has 0 amide bonds. The summed E-state index contributed by atoms with van der Waals surface area (Å²) in [7, 11) is 3.20. The minimum atomic E-state index is 0.440. The van der Waals surface area contributed by atoms with Gasteiger partial charge >= 0.3 is 0 Å². The minimum absolute atomic E-state index is 0.440. The third-order valence-corrected chi connectivity index (χ3v) is 3.26. The number of unbranched alkanes of at least 4 members (excludes halogenated alkanes) is 6. The van der Waals surface area contributed by atoms with E-state index in [-0.39, 0.29) is 0 Å². The normalized spacial score (nSPS) is 11.2. The summed E-state index contributed by atoms with van der Waals surface area (Å²) in [5, 5.41) is 0. The highest BCUT2D eigenvalue weighted by atomic mass is 28.2. The first-order chi connectivity index (χ1) is 7.35. The fourth-order valence-electron chi connectivity index (χ4n) is 1.86. The Balaban J connectivity index is 3.29. The Hall–Kier alpha value is 0.177. The first kappa shape index (κ1) is 15.2. The minimum Gasteiger partial charge on any atom is -0.416 e. The molecule has 0 rings (SSSR count). The Morgan fingerprint density at radius 2 is 1.27 bits per heavy atom. The zero-order valence-corrected chi connectivity index (χ0v) is 11.6. The average Bonchev–Trinajstić information content (AvgIpc) is 2.27. The molecule has 0 aromatic rings. The van der Waals surface area contributed by atoms with Crippen LogP contribution in [0.1, 0.15) is 78.1 Å². The summed E-state index contributed by atoms with van der Waals surface area (Å²) in [5.74, 6) is 0. The summed E-state index contributed by atoms with van der Waals surface area (Å²) >= 11 is 0. The lowest BCUT2D eigenvalue weighted by atomic mass is 10.0. The van der Waals surface area contributed by atoms with Gasteiger partial charge in [-0.05, 0) is 12.8 Å². The van der Waals surface area contributed by atoms with Crippen LogP contribution in [0.25, 0.3) is 0 Å². The van der Waals surface area contributed by atoms with E-state index in [1.54, 1.807) is 0 Å². The predicted octanol–water partition coefficient (Wildman–Crippen LogP) is 4.40. The van der Waals surface area contributed by atoms with E-state index in [0.717, 1.165) is 0 Å². The summed E-state index contributed by atoms with van der Waals surface area (Å²) in [4.78, 5) is 0. The fraction of sp³-hybridized carbons (Fsp3) is 1.00. The Morgan fingerprint density at radius 3 is 1.60 bits per heavy atom. The molecule has 1 nitrogen and oxygen atoms in total. The number of hydrogen-bond acceptors (Lipinski definition) is 1. The molecule has 0 spiro atoms. The molecule has 0 heterocycles. The Labute approximate surface area is 99.5 Å². The van der Waals surface area contributed by atoms with Crippen LogP contribution in [-0.4, -0.2) is 16.6 Å². The zero-order valence-electron chi connectivity index (χ0n) is 10.6. The molecule has 0 aromatic heterocycles. The van der Waals surface area contributed by atoms with Gasteiger partial charge in [-0.2, -0.15) is 0 Å². The van der Waals surface area contributed by atoms with Gasteiger partial charge in [-0.3, -0.25) is 0 Å². The standard InChI is InChI=1S/C13H27OSi/c1-3-5-7-9-11-13(14-15)12-10-8-6-4-2/h13H,3-12H2,1-2H3. The molecule has 0 aliphatic heterocycles. The predicted molar refractivity (Wildman–Crippen MR) is 68.1 cm³/mol. The van der Waals surface area contributed by atoms with Crippen LogP contribution < -0.4 is 0 Å². The van der Waals surface area contributed by atoms with Crippen LogP contribution in [0.3, 0.4) is 0 Å². The van der Waals surface area contributed by atoms with E-state index in [0.29, 0.717) is 6.10 Å². The molecule has 15 heavy (non-hydrogen) atoms. The summed E-state index contributed by atoms with van der Waals surface area (Å²) in [6.45, 7) is 4.51. The maximum Gasteiger partial charge on any atom is 0.246 e. The molecule has 0 saturated carbocycles. The van der Waals surface area contributed by atoms with Crippen molar-refractivity contribution in [1.29, 1.82) is 0 Å². The summed E-state index contributed by atoms with van der Waals surface area (Å²) in [5.41, 5.74) is 0. The summed E-state index contributed by atoms with van der Waals surface area (Å²) in [6, 6.07) is 0. The summed E-state index contributed by atoms with van der Waals surface area (Å²) in [6.07, 6.45) is 13.6. The monoisotopic (exact) mass is 227 g/mol. The molecule has 89 valence electrons. The fourth-order valence-corrected chi connectivity index (χ4v) is 2.10. The van der Waals surface area contributed by atoms with Gasteiger partial charge in [0.25, 0.3) is 0 Å². The Kier molecular flexibility index (Phi) is 12.4. The molecule has 0 N–H and O–H groups in total. The van der Waals surface area contributed by atoms with Crippen molar-refractivity contribution in [2.75, 3.05) is 0 Å². The SMILES string of the molecule is CCCCCCC(CCCCCC)O[Si]. The van der Waals surface area contributed by atoms with Crippen molar-refractivity contribution >= 4 is 10.5 Å². The van der Waals surface area contributed by atoms with E-state index in [9.17, 15) is 0 Å². The topological polar surface area (TPSA) is 9.23 Å². The van der Waals surface area contributed by atoms with E-state index < -0.39 is 0 Å². The molecule has 2 heteroatoms. The molecule has 0 fully saturated rings. The quantitative estimate of drug-likeness (QED) is 0.375. The van der Waals surface area contributed by atoms with Gasteiger partial charge in [-0.1, -0.05) is 65.2 Å². The van der Waals surface area contributed by atoms with E-state index >= 15 is 0 Å². The van der Waals surface area contributed by atoms with Crippen LogP contribution in [0.15, 0.2) is 0 Å². The second-order valence-corrected chi connectivity index (χ2v) is 4.67. The third-order valence-electron chi connectivity index (χ3n) is 2.93. The highest BCUT2D eigenvalue weighted by Crippen LogP contribution is 2.14. The van der Waals surface area contributed by atoms with Crippen LogP contribution in [0, 0.1) is 0 Å². The van der Waals surface area contributed by atoms with Crippen LogP contribution in [0.4, 0.5) is 0 Å². The van der Waals surface area contributed by atoms with E-state index in [1.807, 2.05) is 0 Å². The van der Waals surface area contributed by atoms with Crippen LogP contribution >= 0.6 is 0 Å². The van der Waals surface area contributed by atoms with Crippen molar-refractivity contribution in [3.63, 3.8) is 0 Å². The third kappa shape index (κ3) is 10.5. The lowest BCUT2D eigenvalue weighted by Crippen LogP contribution is -2.11. The molecular weight excluding hydrogens is 200 g/mol. The lowest BCUT2D eigenvalue weighted by molar-refractivity contribution is 0.189. The van der Waals surface area contributed by atoms with Crippen molar-refractivity contribution in [2.24, 2.45) is 0 Å². The van der Waals surface area contributed by atoms with Gasteiger partial charge in [0.2, 0.25) is 10.5 Å². The van der Waals surface area contributed by atoms with Crippen molar-refractivity contribution in [2.45, 2.75) is 84.2 Å². The second kappa shape index (κ2) is 12.2. The maximum absolute atomic E-state index is 5.32. The molecule has 0 saturated heterocycles. The number of hydrogen-bond donors (Lipinski definition) is 0. The molecule has 0 bridgehead atoms. The number of rotatable bonds is 11.